The summed E-state index contributed by atoms with van der Waals surface area (Å²) >= 11 is 0. The minimum atomic E-state index is 1.15. The van der Waals surface area contributed by atoms with Gasteiger partial charge in [0, 0.05) is 13.1 Å². The molecule has 0 saturated carbocycles. The second kappa shape index (κ2) is 3.34. The molecule has 52 valence electrons. The molecule has 0 spiro atoms. The summed E-state index contributed by atoms with van der Waals surface area (Å²) in [6, 6.07) is 0. The third kappa shape index (κ3) is 2.08. The zero-order valence-corrected chi connectivity index (χ0v) is 7.09. The third-order valence-corrected chi connectivity index (χ3v) is 2.15. The average Bonchev–Trinajstić information content (AvgIpc) is 1.88. The second-order valence-electron chi connectivity index (χ2n) is 2.48. The Morgan fingerprint density at radius 1 is 1.78 bits per heavy atom. The smallest absolute Gasteiger partial charge is 0.0226 e. The Morgan fingerprint density at radius 2 is 2.56 bits per heavy atom. The number of nitrogens with zero attached hydrogens (tertiary/aromatic N) is 1. The van der Waals surface area contributed by atoms with Gasteiger partial charge in [0.1, 0.15) is 0 Å². The molecule has 1 rings (SSSR count). The Hall–Kier alpha value is 0.130. The van der Waals surface area contributed by atoms with Gasteiger partial charge in [0.15, 0.2) is 0 Å². The molecule has 0 radical (unpaired) electrons. The van der Waals surface area contributed by atoms with Crippen LogP contribution < -0.4 is 0 Å². The van der Waals surface area contributed by atoms with Crippen LogP contribution in [0.25, 0.3) is 0 Å². The van der Waals surface area contributed by atoms with Crippen LogP contribution in [0, 0.1) is 0 Å². The maximum absolute atomic E-state index is 2.75. The molecule has 1 aliphatic heterocycles. The molecule has 1 atom stereocenters. The maximum Gasteiger partial charge on any atom is 0.0226 e. The van der Waals surface area contributed by atoms with Gasteiger partial charge in [-0.1, -0.05) is 28.0 Å². The van der Waals surface area contributed by atoms with Gasteiger partial charge in [0.2, 0.25) is 0 Å². The van der Waals surface area contributed by atoms with E-state index in [1.165, 1.54) is 19.4 Å². The van der Waals surface area contributed by atoms with Gasteiger partial charge in [-0.3, -0.25) is 4.67 Å². The van der Waals surface area contributed by atoms with Crippen molar-refractivity contribution >= 4 is 9.39 Å². The molecule has 0 saturated heterocycles. The van der Waals surface area contributed by atoms with Crippen molar-refractivity contribution in [2.45, 2.75) is 19.8 Å². The van der Waals surface area contributed by atoms with Crippen molar-refractivity contribution in [3.05, 3.63) is 11.6 Å². The van der Waals surface area contributed by atoms with Crippen LogP contribution in [0.2, 0.25) is 0 Å². The van der Waals surface area contributed by atoms with Crippen LogP contribution in [0.5, 0.6) is 0 Å². The predicted molar refractivity (Wildman–Crippen MR) is 44.3 cm³/mol. The molecule has 0 aromatic rings. The monoisotopic (exact) mass is 143 g/mol. The Labute approximate surface area is 59.4 Å². The molecule has 9 heavy (non-hydrogen) atoms. The van der Waals surface area contributed by atoms with E-state index in [0.29, 0.717) is 0 Å². The van der Waals surface area contributed by atoms with E-state index in [4.69, 9.17) is 0 Å². The van der Waals surface area contributed by atoms with Gasteiger partial charge in [-0.15, -0.1) is 0 Å². The Morgan fingerprint density at radius 3 is 3.00 bits per heavy atom. The van der Waals surface area contributed by atoms with Crippen molar-refractivity contribution in [1.29, 1.82) is 0 Å². The number of hydrogen-bond acceptors (Lipinski definition) is 1. The summed E-state index contributed by atoms with van der Waals surface area (Å²) in [4.78, 5) is 0. The first kappa shape index (κ1) is 7.24. The van der Waals surface area contributed by atoms with Gasteiger partial charge >= 0.3 is 0 Å². The summed E-state index contributed by atoms with van der Waals surface area (Å²) in [6.07, 6.45) is 4.80. The zero-order valence-electron chi connectivity index (χ0n) is 5.93. The molecule has 1 unspecified atom stereocenters. The van der Waals surface area contributed by atoms with E-state index in [-0.39, 0.29) is 0 Å². The lowest BCUT2D eigenvalue weighted by Crippen LogP contribution is -2.19. The van der Waals surface area contributed by atoms with E-state index in [9.17, 15) is 0 Å². The van der Waals surface area contributed by atoms with Crippen molar-refractivity contribution in [2.75, 3.05) is 13.1 Å². The summed E-state index contributed by atoms with van der Waals surface area (Å²) in [6.45, 7) is 4.57. The van der Waals surface area contributed by atoms with Crippen LogP contribution in [-0.4, -0.2) is 17.8 Å². The largest absolute Gasteiger partial charge is 0.283 e. The minimum absolute atomic E-state index is 1.15. The average molecular weight is 143 g/mol. The second-order valence-corrected chi connectivity index (χ2v) is 3.21. The summed E-state index contributed by atoms with van der Waals surface area (Å²) in [5, 5.41) is 0. The van der Waals surface area contributed by atoms with Crippen LogP contribution in [0.15, 0.2) is 11.6 Å². The predicted octanol–water partition coefficient (Wildman–Crippen LogP) is 1.82. The molecule has 1 heterocycles. The summed E-state index contributed by atoms with van der Waals surface area (Å²) in [5.41, 5.74) is 1.58. The first-order chi connectivity index (χ1) is 4.33. The first-order valence-corrected chi connectivity index (χ1v) is 4.02. The molecule has 0 fully saturated rings. The number of hydrogen-bond donors (Lipinski definition) is 0. The summed E-state index contributed by atoms with van der Waals surface area (Å²) < 4.78 is 2.29. The summed E-state index contributed by atoms with van der Waals surface area (Å²) in [5.74, 6) is 0. The molecule has 0 amide bonds. The fourth-order valence-corrected chi connectivity index (χ4v) is 1.48. The van der Waals surface area contributed by atoms with Crippen LogP contribution in [0.3, 0.4) is 0 Å². The van der Waals surface area contributed by atoms with Crippen LogP contribution in [-0.2, 0) is 0 Å². The Kier molecular flexibility index (Phi) is 2.68. The van der Waals surface area contributed by atoms with Crippen LogP contribution in [0.4, 0.5) is 0 Å². The van der Waals surface area contributed by atoms with Crippen molar-refractivity contribution in [2.24, 2.45) is 0 Å². The number of rotatable bonds is 1. The van der Waals surface area contributed by atoms with Crippen LogP contribution in [0.1, 0.15) is 19.8 Å². The Balaban J connectivity index is 2.43. The Bertz CT molecular complexity index is 120. The highest BCUT2D eigenvalue weighted by molar-refractivity contribution is 7.13. The lowest BCUT2D eigenvalue weighted by molar-refractivity contribution is 0.487. The van der Waals surface area contributed by atoms with Gasteiger partial charge in [0.05, 0.1) is 0 Å². The van der Waals surface area contributed by atoms with E-state index in [0.717, 1.165) is 6.54 Å². The van der Waals surface area contributed by atoms with Gasteiger partial charge in [-0.05, 0) is 12.8 Å². The molecule has 2 heteroatoms. The minimum Gasteiger partial charge on any atom is -0.283 e. The molecule has 1 nitrogen and oxygen atoms in total. The molecule has 1 aliphatic rings. The van der Waals surface area contributed by atoms with Crippen molar-refractivity contribution < 1.29 is 0 Å². The third-order valence-electron chi connectivity index (χ3n) is 1.71. The van der Waals surface area contributed by atoms with Gasteiger partial charge < -0.3 is 0 Å². The fourth-order valence-electron chi connectivity index (χ4n) is 1.10. The SMILES string of the molecule is CCC1=CCCN(P)C1. The summed E-state index contributed by atoms with van der Waals surface area (Å²) in [7, 11) is 2.75. The highest BCUT2D eigenvalue weighted by Crippen LogP contribution is 2.14. The van der Waals surface area contributed by atoms with Gasteiger partial charge in [-0.25, -0.2) is 0 Å². The molecule has 0 N–H and O–H groups in total. The highest BCUT2D eigenvalue weighted by Gasteiger charge is 2.05. The molecular weight excluding hydrogens is 129 g/mol. The van der Waals surface area contributed by atoms with Crippen molar-refractivity contribution in [3.63, 3.8) is 0 Å². The lowest BCUT2D eigenvalue weighted by Gasteiger charge is -2.21. The van der Waals surface area contributed by atoms with E-state index in [2.05, 4.69) is 27.1 Å². The molecule has 0 aliphatic carbocycles. The van der Waals surface area contributed by atoms with Crippen LogP contribution >= 0.6 is 9.39 Å². The van der Waals surface area contributed by atoms with Crippen molar-refractivity contribution in [1.82, 2.24) is 4.67 Å². The van der Waals surface area contributed by atoms with Crippen molar-refractivity contribution in [3.8, 4) is 0 Å². The van der Waals surface area contributed by atoms with E-state index < -0.39 is 0 Å². The van der Waals surface area contributed by atoms with E-state index in [1.54, 1.807) is 5.57 Å². The first-order valence-electron chi connectivity index (χ1n) is 3.50. The normalized spacial score (nSPS) is 21.8. The van der Waals surface area contributed by atoms with E-state index >= 15 is 0 Å². The van der Waals surface area contributed by atoms with Gasteiger partial charge in [-0.2, -0.15) is 0 Å². The molecule has 0 aromatic heterocycles. The molecule has 0 aromatic carbocycles. The molecule has 0 bridgehead atoms. The van der Waals surface area contributed by atoms with Gasteiger partial charge in [0.25, 0.3) is 0 Å². The highest BCUT2D eigenvalue weighted by atomic mass is 31.0. The topological polar surface area (TPSA) is 3.24 Å². The molecular formula is C7H14NP. The zero-order chi connectivity index (χ0) is 6.69. The standard InChI is InChI=1S/C7H14NP/c1-2-7-4-3-5-8(9)6-7/h4H,2-3,5-6,9H2,1H3. The fraction of sp³-hybridized carbons (Fsp3) is 0.714. The van der Waals surface area contributed by atoms with E-state index in [1.807, 2.05) is 0 Å². The lowest BCUT2D eigenvalue weighted by atomic mass is 10.1. The quantitative estimate of drug-likeness (QED) is 0.399. The maximum atomic E-state index is 2.75.